The van der Waals surface area contributed by atoms with Gasteiger partial charge in [-0.2, -0.15) is 4.99 Å². The molecule has 0 saturated carbocycles. The van der Waals surface area contributed by atoms with Crippen molar-refractivity contribution in [1.82, 2.24) is 0 Å². The Hall–Kier alpha value is -2.12. The lowest BCUT2D eigenvalue weighted by Gasteiger charge is -2.26. The number of benzene rings is 1. The molecule has 0 bridgehead atoms. The lowest BCUT2D eigenvalue weighted by Crippen LogP contribution is -2.49. The van der Waals surface area contributed by atoms with Crippen molar-refractivity contribution >= 4 is 34.4 Å². The van der Waals surface area contributed by atoms with Gasteiger partial charge in [-0.15, -0.1) is 0 Å². The molecule has 6 nitrogen and oxygen atoms in total. The molecule has 3 rings (SSSR count). The highest BCUT2D eigenvalue weighted by molar-refractivity contribution is 8.15. The van der Waals surface area contributed by atoms with Gasteiger partial charge in [-0.1, -0.05) is 42.1 Å². The number of thioether (sulfide) groups is 1. The van der Waals surface area contributed by atoms with Gasteiger partial charge in [0.05, 0.1) is 5.69 Å². The van der Waals surface area contributed by atoms with E-state index in [-0.39, 0.29) is 11.7 Å². The zero-order chi connectivity index (χ0) is 16.1. The average molecular weight is 317 g/mol. The average Bonchev–Trinajstić information content (AvgIpc) is 2.91. The second-order valence-corrected chi connectivity index (χ2v) is 6.54. The summed E-state index contributed by atoms with van der Waals surface area (Å²) in [6.07, 6.45) is 0. The zero-order valence-electron chi connectivity index (χ0n) is 11.9. The molecular weight excluding hydrogens is 302 g/mol. The van der Waals surface area contributed by atoms with Crippen molar-refractivity contribution in [1.29, 1.82) is 0 Å². The molecule has 0 saturated heterocycles. The number of nitrogens with two attached hydrogens (primary N) is 1. The highest BCUT2D eigenvalue weighted by atomic mass is 32.2. The fraction of sp³-hybridized carbons (Fsp3) is 0.267. The molecule has 3 N–H and O–H groups in total. The number of rotatable bonds is 3. The van der Waals surface area contributed by atoms with Crippen molar-refractivity contribution < 1.29 is 14.7 Å². The maximum Gasteiger partial charge on any atom is 0.265 e. The molecule has 0 unspecified atom stereocenters. The van der Waals surface area contributed by atoms with E-state index in [1.807, 2.05) is 0 Å². The van der Waals surface area contributed by atoms with Crippen LogP contribution in [0.5, 0.6) is 0 Å². The fourth-order valence-electron chi connectivity index (χ4n) is 2.77. The van der Waals surface area contributed by atoms with E-state index in [1.165, 1.54) is 4.90 Å². The number of anilines is 1. The van der Waals surface area contributed by atoms with Crippen LogP contribution in [0.3, 0.4) is 0 Å². The predicted octanol–water partition coefficient (Wildman–Crippen LogP) is 0.754. The molecule has 0 spiro atoms. The summed E-state index contributed by atoms with van der Waals surface area (Å²) in [5.41, 5.74) is 5.36. The van der Waals surface area contributed by atoms with E-state index in [9.17, 15) is 14.7 Å². The van der Waals surface area contributed by atoms with E-state index in [0.29, 0.717) is 11.3 Å². The second kappa shape index (κ2) is 4.96. The summed E-state index contributed by atoms with van der Waals surface area (Å²) in [4.78, 5) is 29.9. The van der Waals surface area contributed by atoms with Crippen LogP contribution >= 0.6 is 11.8 Å². The van der Waals surface area contributed by atoms with Crippen molar-refractivity contribution in [3.05, 3.63) is 42.0 Å². The maximum absolute atomic E-state index is 12.8. The normalized spacial score (nSPS) is 27.1. The van der Waals surface area contributed by atoms with Gasteiger partial charge in [0, 0.05) is 12.1 Å². The summed E-state index contributed by atoms with van der Waals surface area (Å²) in [5, 5.41) is 10.1. The van der Waals surface area contributed by atoms with Crippen LogP contribution in [0.1, 0.15) is 12.5 Å². The second-order valence-electron chi connectivity index (χ2n) is 5.42. The first-order valence-electron chi connectivity index (χ1n) is 6.68. The molecule has 22 heavy (non-hydrogen) atoms. The Morgan fingerprint density at radius 1 is 1.50 bits per heavy atom. The molecule has 0 radical (unpaired) electrons. The molecule has 2 aliphatic heterocycles. The number of aliphatic hydroxyl groups is 1. The number of para-hydroxylation sites is 1. The highest BCUT2D eigenvalue weighted by Gasteiger charge is 2.59. The van der Waals surface area contributed by atoms with E-state index in [0.717, 1.165) is 17.3 Å². The van der Waals surface area contributed by atoms with E-state index >= 15 is 0 Å². The molecule has 7 heteroatoms. The van der Waals surface area contributed by atoms with Crippen LogP contribution in [-0.4, -0.2) is 33.9 Å². The van der Waals surface area contributed by atoms with Gasteiger partial charge in [-0.3, -0.25) is 9.59 Å². The molecule has 2 amide bonds. The van der Waals surface area contributed by atoms with Crippen LogP contribution in [0.15, 0.2) is 41.4 Å². The van der Waals surface area contributed by atoms with Crippen molar-refractivity contribution in [3.63, 3.8) is 0 Å². The van der Waals surface area contributed by atoms with Crippen LogP contribution in [0.2, 0.25) is 0 Å². The van der Waals surface area contributed by atoms with Crippen LogP contribution in [0.25, 0.3) is 0 Å². The van der Waals surface area contributed by atoms with Gasteiger partial charge in [0.15, 0.2) is 10.8 Å². The van der Waals surface area contributed by atoms with Crippen LogP contribution in [-0.2, 0) is 15.2 Å². The van der Waals surface area contributed by atoms with Crippen molar-refractivity contribution in [2.24, 2.45) is 10.7 Å². The van der Waals surface area contributed by atoms with E-state index < -0.39 is 22.7 Å². The smallest absolute Gasteiger partial charge is 0.265 e. The summed E-state index contributed by atoms with van der Waals surface area (Å²) < 4.78 is 0. The quantitative estimate of drug-likeness (QED) is 0.802. The third kappa shape index (κ3) is 1.97. The Morgan fingerprint density at radius 2 is 2.18 bits per heavy atom. The third-order valence-corrected chi connectivity index (χ3v) is 4.78. The van der Waals surface area contributed by atoms with E-state index in [4.69, 9.17) is 5.73 Å². The van der Waals surface area contributed by atoms with Crippen molar-refractivity contribution in [3.8, 4) is 0 Å². The maximum atomic E-state index is 12.8. The minimum atomic E-state index is -1.96. The van der Waals surface area contributed by atoms with Crippen LogP contribution in [0, 0.1) is 0 Å². The minimum Gasteiger partial charge on any atom is -0.378 e. The molecule has 2 heterocycles. The number of carbonyl (C=O) groups is 2. The first-order chi connectivity index (χ1) is 10.4. The topological polar surface area (TPSA) is 96.0 Å². The van der Waals surface area contributed by atoms with Gasteiger partial charge in [0.2, 0.25) is 0 Å². The Morgan fingerprint density at radius 3 is 2.77 bits per heavy atom. The zero-order valence-corrected chi connectivity index (χ0v) is 12.8. The van der Waals surface area contributed by atoms with Gasteiger partial charge in [-0.05, 0) is 13.0 Å². The van der Waals surface area contributed by atoms with Gasteiger partial charge in [-0.25, -0.2) is 0 Å². The summed E-state index contributed by atoms with van der Waals surface area (Å²) in [6.45, 7) is 5.88. The largest absolute Gasteiger partial charge is 0.378 e. The first-order valence-corrected chi connectivity index (χ1v) is 7.56. The third-order valence-electron chi connectivity index (χ3n) is 3.67. The SMILES string of the molecule is C=C(C)CN1C(=O)[C@@](O)([C@H]2SC(N)=NC2=O)c2ccccc21. The molecule has 1 aromatic rings. The van der Waals surface area contributed by atoms with Crippen molar-refractivity contribution in [2.75, 3.05) is 11.4 Å². The highest BCUT2D eigenvalue weighted by Crippen LogP contribution is 2.47. The van der Waals surface area contributed by atoms with Gasteiger partial charge < -0.3 is 15.7 Å². The number of hydrogen-bond acceptors (Lipinski definition) is 5. The number of nitrogens with zero attached hydrogens (tertiary/aromatic N) is 2. The summed E-state index contributed by atoms with van der Waals surface area (Å²) in [6, 6.07) is 6.88. The Labute approximate surface area is 131 Å². The van der Waals surface area contributed by atoms with Gasteiger partial charge in [0.25, 0.3) is 11.8 Å². The molecule has 0 aliphatic carbocycles. The van der Waals surface area contributed by atoms with Crippen LogP contribution < -0.4 is 10.6 Å². The van der Waals surface area contributed by atoms with E-state index in [2.05, 4.69) is 11.6 Å². The lowest BCUT2D eigenvalue weighted by atomic mass is 9.91. The van der Waals surface area contributed by atoms with Gasteiger partial charge in [0.1, 0.15) is 5.25 Å². The minimum absolute atomic E-state index is 0.0621. The first kappa shape index (κ1) is 14.8. The number of hydrogen-bond donors (Lipinski definition) is 2. The van der Waals surface area contributed by atoms with Gasteiger partial charge >= 0.3 is 0 Å². The summed E-state index contributed by atoms with van der Waals surface area (Å²) in [5.74, 6) is -1.14. The number of carbonyl (C=O) groups excluding carboxylic acids is 2. The molecular formula is C15H15N3O3S. The molecule has 0 aromatic heterocycles. The molecule has 114 valence electrons. The number of amides is 2. The number of amidine groups is 1. The van der Waals surface area contributed by atoms with Crippen LogP contribution in [0.4, 0.5) is 5.69 Å². The summed E-state index contributed by atoms with van der Waals surface area (Å²) in [7, 11) is 0. The molecule has 0 fully saturated rings. The van der Waals surface area contributed by atoms with E-state index in [1.54, 1.807) is 31.2 Å². The standard InChI is InChI=1S/C15H15N3O3S/c1-8(2)7-18-10-6-4-3-5-9(10)15(21,13(18)20)11-12(19)17-14(16)22-11/h3-6,11,21H,1,7H2,2H3,(H2,16,17,19)/t11-,15-/m0/s1. The Balaban J connectivity index is 2.11. The molecule has 1 aromatic carbocycles. The number of aliphatic imine (C=N–C) groups is 1. The predicted molar refractivity (Wildman–Crippen MR) is 85.5 cm³/mol. The van der Waals surface area contributed by atoms with Crippen molar-refractivity contribution in [2.45, 2.75) is 17.8 Å². The fourth-order valence-corrected chi connectivity index (χ4v) is 3.71. The Bertz CT molecular complexity index is 730. The lowest BCUT2D eigenvalue weighted by molar-refractivity contribution is -0.140. The molecule has 2 aliphatic rings. The monoisotopic (exact) mass is 317 g/mol. The number of fused-ring (bicyclic) bond motifs is 1. The Kier molecular flexibility index (Phi) is 3.34. The molecule has 2 atom stereocenters. The summed E-state index contributed by atoms with van der Waals surface area (Å²) >= 11 is 0.916.